The van der Waals surface area contributed by atoms with Gasteiger partial charge in [0.05, 0.1) is 7.11 Å². The number of hydrogen-bond acceptors (Lipinski definition) is 6. The third-order valence-corrected chi connectivity index (χ3v) is 8.01. The molecule has 0 unspecified atom stereocenters. The van der Waals surface area contributed by atoms with Gasteiger partial charge in [-0.2, -0.15) is 0 Å². The third kappa shape index (κ3) is 6.88. The molecule has 8 heteroatoms. The molecule has 7 nitrogen and oxygen atoms in total. The minimum absolute atomic E-state index is 0.243. The van der Waals surface area contributed by atoms with E-state index in [1.807, 2.05) is 35.2 Å². The second kappa shape index (κ2) is 13.0. The van der Waals surface area contributed by atoms with Gasteiger partial charge in [0.1, 0.15) is 5.75 Å². The van der Waals surface area contributed by atoms with Crippen LogP contribution in [0.25, 0.3) is 17.1 Å². The summed E-state index contributed by atoms with van der Waals surface area (Å²) in [5, 5.41) is 9.89. The van der Waals surface area contributed by atoms with E-state index in [9.17, 15) is 4.79 Å². The van der Waals surface area contributed by atoms with E-state index >= 15 is 0 Å². The number of methoxy groups -OCH3 is 1. The monoisotopic (exact) mass is 541 g/mol. The van der Waals surface area contributed by atoms with Crippen LogP contribution < -0.4 is 4.74 Å². The Bertz CT molecular complexity index is 1370. The van der Waals surface area contributed by atoms with Gasteiger partial charge >= 0.3 is 0 Å². The Morgan fingerprint density at radius 3 is 2.44 bits per heavy atom. The Morgan fingerprint density at radius 1 is 0.923 bits per heavy atom. The maximum Gasteiger partial charge on any atom is 0.222 e. The maximum absolute atomic E-state index is 12.9. The number of hydrogen-bond donors (Lipinski definition) is 0. The molecule has 202 valence electrons. The van der Waals surface area contributed by atoms with Crippen molar-refractivity contribution in [2.24, 2.45) is 0 Å². The molecule has 0 N–H and O–H groups in total. The lowest BCUT2D eigenvalue weighted by atomic mass is 10.2. The van der Waals surface area contributed by atoms with Crippen molar-refractivity contribution in [3.8, 4) is 22.8 Å². The van der Waals surface area contributed by atoms with Crippen molar-refractivity contribution in [2.75, 3.05) is 39.0 Å². The summed E-state index contributed by atoms with van der Waals surface area (Å²) in [6.07, 6.45) is 1.34. The zero-order valence-electron chi connectivity index (χ0n) is 22.6. The SMILES string of the molecule is COc1cccc(-c2nnc(SCCCC(=O)N3CCN(Cc4ccccc4)CC3)n2-c2ccc(C)cc2)c1. The van der Waals surface area contributed by atoms with Crippen LogP contribution in [0.2, 0.25) is 0 Å². The standard InChI is InChI=1S/C31H35N5O2S/c1-24-13-15-27(16-14-24)36-30(26-10-6-11-28(22-26)38-2)32-33-31(36)39-21-7-12-29(37)35-19-17-34(18-20-35)23-25-8-4-3-5-9-25/h3-6,8-11,13-16,22H,7,12,17-21,23H2,1-2H3. The van der Waals surface area contributed by atoms with E-state index in [0.29, 0.717) is 6.42 Å². The highest BCUT2D eigenvalue weighted by atomic mass is 32.2. The Balaban J connectivity index is 1.17. The summed E-state index contributed by atoms with van der Waals surface area (Å²) in [4.78, 5) is 17.3. The van der Waals surface area contributed by atoms with Crippen LogP contribution in [0, 0.1) is 6.92 Å². The number of nitrogens with zero attached hydrogens (tertiary/aromatic N) is 5. The van der Waals surface area contributed by atoms with E-state index in [0.717, 1.165) is 72.9 Å². The smallest absolute Gasteiger partial charge is 0.222 e. The number of carbonyl (C=O) groups is 1. The van der Waals surface area contributed by atoms with Crippen molar-refractivity contribution in [1.82, 2.24) is 24.6 Å². The summed E-state index contributed by atoms with van der Waals surface area (Å²) in [7, 11) is 1.66. The fraction of sp³-hybridized carbons (Fsp3) is 0.323. The number of rotatable bonds is 10. The fourth-order valence-electron chi connectivity index (χ4n) is 4.78. The zero-order valence-corrected chi connectivity index (χ0v) is 23.4. The van der Waals surface area contributed by atoms with Crippen LogP contribution in [-0.4, -0.2) is 69.5 Å². The molecule has 1 aliphatic rings. The summed E-state index contributed by atoms with van der Waals surface area (Å²) >= 11 is 1.64. The highest BCUT2D eigenvalue weighted by molar-refractivity contribution is 7.99. The quantitative estimate of drug-likeness (QED) is 0.196. The average Bonchev–Trinajstić information content (AvgIpc) is 3.40. The van der Waals surface area contributed by atoms with Crippen LogP contribution in [0.5, 0.6) is 5.75 Å². The molecule has 1 saturated heterocycles. The zero-order chi connectivity index (χ0) is 27.0. The van der Waals surface area contributed by atoms with Gasteiger partial charge in [-0.1, -0.05) is 71.9 Å². The number of ether oxygens (including phenoxy) is 1. The minimum atomic E-state index is 0.243. The third-order valence-electron chi connectivity index (χ3n) is 6.99. The Morgan fingerprint density at radius 2 is 1.69 bits per heavy atom. The van der Waals surface area contributed by atoms with Crippen molar-refractivity contribution in [3.05, 3.63) is 90.0 Å². The Hall–Kier alpha value is -3.62. The molecule has 0 atom stereocenters. The van der Waals surface area contributed by atoms with Crippen LogP contribution in [-0.2, 0) is 11.3 Å². The van der Waals surface area contributed by atoms with Gasteiger partial charge in [0.2, 0.25) is 5.91 Å². The Labute approximate surface area is 234 Å². The lowest BCUT2D eigenvalue weighted by Crippen LogP contribution is -2.48. The van der Waals surface area contributed by atoms with Crippen molar-refractivity contribution < 1.29 is 9.53 Å². The number of benzene rings is 3. The van der Waals surface area contributed by atoms with Gasteiger partial charge in [0.25, 0.3) is 0 Å². The summed E-state index contributed by atoms with van der Waals surface area (Å²) in [5.74, 6) is 2.58. The van der Waals surface area contributed by atoms with Gasteiger partial charge in [-0.05, 0) is 43.2 Å². The largest absolute Gasteiger partial charge is 0.497 e. The minimum Gasteiger partial charge on any atom is -0.497 e. The van der Waals surface area contributed by atoms with Crippen molar-refractivity contribution in [2.45, 2.75) is 31.5 Å². The molecule has 4 aromatic rings. The summed E-state index contributed by atoms with van der Waals surface area (Å²) in [6, 6.07) is 26.8. The van der Waals surface area contributed by atoms with E-state index in [1.165, 1.54) is 11.1 Å². The van der Waals surface area contributed by atoms with Crippen LogP contribution >= 0.6 is 11.8 Å². The molecule has 0 aliphatic carbocycles. The normalized spacial score (nSPS) is 13.9. The number of aromatic nitrogens is 3. The highest BCUT2D eigenvalue weighted by Gasteiger charge is 2.21. The van der Waals surface area contributed by atoms with Gasteiger partial charge in [0.15, 0.2) is 11.0 Å². The predicted octanol–water partition coefficient (Wildman–Crippen LogP) is 5.47. The van der Waals surface area contributed by atoms with Gasteiger partial charge in [-0.25, -0.2) is 0 Å². The second-order valence-corrected chi connectivity index (χ2v) is 10.9. The summed E-state index contributed by atoms with van der Waals surface area (Å²) < 4.78 is 7.52. The first-order chi connectivity index (χ1) is 19.1. The number of aryl methyl sites for hydroxylation is 1. The molecule has 0 radical (unpaired) electrons. The van der Waals surface area contributed by atoms with Gasteiger partial charge in [-0.3, -0.25) is 14.3 Å². The molecule has 1 fully saturated rings. The van der Waals surface area contributed by atoms with E-state index in [-0.39, 0.29) is 5.91 Å². The first-order valence-electron chi connectivity index (χ1n) is 13.4. The average molecular weight is 542 g/mol. The van der Waals surface area contributed by atoms with Crippen molar-refractivity contribution in [3.63, 3.8) is 0 Å². The molecule has 3 aromatic carbocycles. The van der Waals surface area contributed by atoms with E-state index < -0.39 is 0 Å². The van der Waals surface area contributed by atoms with Crippen molar-refractivity contribution >= 4 is 17.7 Å². The fourth-order valence-corrected chi connectivity index (χ4v) is 5.67. The molecule has 1 aromatic heterocycles. The molecule has 39 heavy (non-hydrogen) atoms. The number of amides is 1. The van der Waals surface area contributed by atoms with Crippen LogP contribution in [0.1, 0.15) is 24.0 Å². The number of thioether (sulfide) groups is 1. The van der Waals surface area contributed by atoms with Crippen LogP contribution in [0.3, 0.4) is 0 Å². The molecular formula is C31H35N5O2S. The summed E-state index contributed by atoms with van der Waals surface area (Å²) in [6.45, 7) is 6.45. The highest BCUT2D eigenvalue weighted by Crippen LogP contribution is 2.30. The van der Waals surface area contributed by atoms with Gasteiger partial charge in [-0.15, -0.1) is 10.2 Å². The first-order valence-corrected chi connectivity index (χ1v) is 14.4. The molecular weight excluding hydrogens is 506 g/mol. The molecule has 0 spiro atoms. The molecule has 5 rings (SSSR count). The molecule has 1 aliphatic heterocycles. The van der Waals surface area contributed by atoms with Crippen molar-refractivity contribution in [1.29, 1.82) is 0 Å². The van der Waals surface area contributed by atoms with E-state index in [4.69, 9.17) is 4.74 Å². The van der Waals surface area contributed by atoms with Gasteiger partial charge in [0, 0.05) is 56.1 Å². The predicted molar refractivity (Wildman–Crippen MR) is 156 cm³/mol. The summed E-state index contributed by atoms with van der Waals surface area (Å²) in [5.41, 5.74) is 4.47. The van der Waals surface area contributed by atoms with Crippen LogP contribution in [0.4, 0.5) is 0 Å². The van der Waals surface area contributed by atoms with E-state index in [2.05, 4.69) is 75.1 Å². The van der Waals surface area contributed by atoms with Crippen LogP contribution in [0.15, 0.2) is 84.0 Å². The molecule has 2 heterocycles. The first kappa shape index (κ1) is 27.0. The molecule has 0 saturated carbocycles. The topological polar surface area (TPSA) is 63.5 Å². The van der Waals surface area contributed by atoms with Gasteiger partial charge < -0.3 is 9.64 Å². The molecule has 0 bridgehead atoms. The number of piperazine rings is 1. The van der Waals surface area contributed by atoms with E-state index in [1.54, 1.807) is 18.9 Å². The molecule has 1 amide bonds. The lowest BCUT2D eigenvalue weighted by Gasteiger charge is -2.34. The maximum atomic E-state index is 12.9. The lowest BCUT2D eigenvalue weighted by molar-refractivity contribution is -0.133. The number of carbonyl (C=O) groups excluding carboxylic acids is 1. The second-order valence-electron chi connectivity index (χ2n) is 9.80. The Kier molecular flexibility index (Phi) is 8.96.